The Balaban J connectivity index is 2.05. The van der Waals surface area contributed by atoms with Crippen LogP contribution in [0.4, 0.5) is 5.69 Å². The number of rotatable bonds is 11. The van der Waals surface area contributed by atoms with Crippen molar-refractivity contribution in [1.29, 1.82) is 0 Å². The Labute approximate surface area is 234 Å². The van der Waals surface area contributed by atoms with Crippen LogP contribution < -0.4 is 9.62 Å². The van der Waals surface area contributed by atoms with Crippen molar-refractivity contribution < 1.29 is 18.0 Å². The molecule has 7 nitrogen and oxygen atoms in total. The second-order valence-electron chi connectivity index (χ2n) is 9.63. The van der Waals surface area contributed by atoms with E-state index in [-0.39, 0.29) is 24.9 Å². The third-order valence-electron chi connectivity index (χ3n) is 5.95. The molecule has 2 amide bonds. The Morgan fingerprint density at radius 3 is 2.16 bits per heavy atom. The van der Waals surface area contributed by atoms with Gasteiger partial charge in [0.15, 0.2) is 0 Å². The maximum atomic E-state index is 14.0. The SMILES string of the molecule is Cc1ccc(CN(C(=O)CN(c2cccc(Br)c2)S(C)(=O)=O)[C@@H](Cc2ccccc2)C(=O)NC(C)C)cc1. The van der Waals surface area contributed by atoms with Crippen molar-refractivity contribution in [3.63, 3.8) is 0 Å². The number of aryl methyl sites for hydroxylation is 1. The van der Waals surface area contributed by atoms with E-state index in [9.17, 15) is 18.0 Å². The fraction of sp³-hybridized carbons (Fsp3) is 0.310. The summed E-state index contributed by atoms with van der Waals surface area (Å²) in [6, 6.07) is 23.0. The maximum absolute atomic E-state index is 14.0. The quantitative estimate of drug-likeness (QED) is 0.346. The van der Waals surface area contributed by atoms with Crippen LogP contribution in [0.5, 0.6) is 0 Å². The van der Waals surface area contributed by atoms with Crippen molar-refractivity contribution >= 4 is 43.5 Å². The van der Waals surface area contributed by atoms with Crippen LogP contribution in [0.2, 0.25) is 0 Å². The van der Waals surface area contributed by atoms with Crippen LogP contribution >= 0.6 is 15.9 Å². The lowest BCUT2D eigenvalue weighted by Gasteiger charge is -2.34. The highest BCUT2D eigenvalue weighted by Gasteiger charge is 2.33. The standard InChI is InChI=1S/C29H34BrN3O4S/c1-21(2)31-29(35)27(17-23-9-6-5-7-10-23)32(19-24-15-13-22(3)14-16-24)28(34)20-33(38(4,36)37)26-12-8-11-25(30)18-26/h5-16,18,21,27H,17,19-20H2,1-4H3,(H,31,35)/t27-/m0/s1. The molecule has 38 heavy (non-hydrogen) atoms. The third kappa shape index (κ3) is 8.43. The van der Waals surface area contributed by atoms with Gasteiger partial charge in [-0.3, -0.25) is 13.9 Å². The fourth-order valence-electron chi connectivity index (χ4n) is 4.07. The Hall–Kier alpha value is -3.17. The minimum absolute atomic E-state index is 0.133. The summed E-state index contributed by atoms with van der Waals surface area (Å²) >= 11 is 3.37. The molecule has 0 radical (unpaired) electrons. The Kier molecular flexibility index (Phi) is 10.1. The van der Waals surface area contributed by atoms with Gasteiger partial charge in [-0.15, -0.1) is 0 Å². The summed E-state index contributed by atoms with van der Waals surface area (Å²) in [4.78, 5) is 29.0. The highest BCUT2D eigenvalue weighted by Crippen LogP contribution is 2.23. The van der Waals surface area contributed by atoms with Crippen LogP contribution in [-0.4, -0.2) is 50.0 Å². The Morgan fingerprint density at radius 2 is 1.58 bits per heavy atom. The summed E-state index contributed by atoms with van der Waals surface area (Å²) in [7, 11) is -3.80. The molecule has 0 saturated carbocycles. The molecule has 0 aliphatic carbocycles. The molecule has 1 N–H and O–H groups in total. The van der Waals surface area contributed by atoms with E-state index in [1.165, 1.54) is 4.90 Å². The molecule has 0 spiro atoms. The van der Waals surface area contributed by atoms with E-state index >= 15 is 0 Å². The summed E-state index contributed by atoms with van der Waals surface area (Å²) in [5.74, 6) is -0.770. The zero-order valence-corrected chi connectivity index (χ0v) is 24.5. The van der Waals surface area contributed by atoms with Gasteiger partial charge in [0.25, 0.3) is 0 Å². The highest BCUT2D eigenvalue weighted by molar-refractivity contribution is 9.10. The lowest BCUT2D eigenvalue weighted by Crippen LogP contribution is -2.54. The summed E-state index contributed by atoms with van der Waals surface area (Å²) in [6.45, 7) is 5.41. The van der Waals surface area contributed by atoms with Crippen LogP contribution in [0.1, 0.15) is 30.5 Å². The van der Waals surface area contributed by atoms with Gasteiger partial charge in [0.05, 0.1) is 11.9 Å². The number of sulfonamides is 1. The summed E-state index contributed by atoms with van der Waals surface area (Å²) in [5.41, 5.74) is 3.16. The van der Waals surface area contributed by atoms with E-state index in [0.717, 1.165) is 27.3 Å². The van der Waals surface area contributed by atoms with E-state index in [2.05, 4.69) is 21.2 Å². The Bertz CT molecular complexity index is 1350. The first-order valence-electron chi connectivity index (χ1n) is 12.4. The van der Waals surface area contributed by atoms with Crippen molar-refractivity contribution in [3.8, 4) is 0 Å². The highest BCUT2D eigenvalue weighted by atomic mass is 79.9. The monoisotopic (exact) mass is 599 g/mol. The topological polar surface area (TPSA) is 86.8 Å². The number of nitrogens with one attached hydrogen (secondary N) is 1. The summed E-state index contributed by atoms with van der Waals surface area (Å²) in [6.07, 6.45) is 1.35. The first-order valence-corrected chi connectivity index (χ1v) is 15.0. The predicted molar refractivity (Wildman–Crippen MR) is 155 cm³/mol. The van der Waals surface area contributed by atoms with E-state index in [4.69, 9.17) is 0 Å². The molecule has 0 aliphatic rings. The molecule has 202 valence electrons. The van der Waals surface area contributed by atoms with Gasteiger partial charge >= 0.3 is 0 Å². The smallest absolute Gasteiger partial charge is 0.244 e. The molecule has 0 aliphatic heterocycles. The van der Waals surface area contributed by atoms with Gasteiger partial charge in [-0.1, -0.05) is 82.2 Å². The Morgan fingerprint density at radius 1 is 0.921 bits per heavy atom. The number of hydrogen-bond donors (Lipinski definition) is 1. The minimum atomic E-state index is -3.80. The molecule has 3 aromatic rings. The van der Waals surface area contributed by atoms with Crippen molar-refractivity contribution in [1.82, 2.24) is 10.2 Å². The normalized spacial score (nSPS) is 12.2. The predicted octanol–water partition coefficient (Wildman–Crippen LogP) is 4.69. The van der Waals surface area contributed by atoms with E-state index in [1.807, 2.05) is 75.4 Å². The molecule has 0 fully saturated rings. The van der Waals surface area contributed by atoms with E-state index in [1.54, 1.807) is 24.3 Å². The maximum Gasteiger partial charge on any atom is 0.244 e. The van der Waals surface area contributed by atoms with Gasteiger partial charge in [-0.05, 0) is 50.1 Å². The number of carbonyl (C=O) groups excluding carboxylic acids is 2. The molecule has 9 heteroatoms. The molecule has 0 bridgehead atoms. The molecule has 0 saturated heterocycles. The second kappa shape index (κ2) is 13.1. The zero-order valence-electron chi connectivity index (χ0n) is 22.1. The number of hydrogen-bond acceptors (Lipinski definition) is 4. The van der Waals surface area contributed by atoms with E-state index in [0.29, 0.717) is 10.2 Å². The number of benzene rings is 3. The van der Waals surface area contributed by atoms with Crippen molar-refractivity contribution in [3.05, 3.63) is 100 Å². The van der Waals surface area contributed by atoms with Gasteiger partial charge in [0, 0.05) is 23.5 Å². The van der Waals surface area contributed by atoms with Crippen molar-refractivity contribution in [2.24, 2.45) is 0 Å². The zero-order chi connectivity index (χ0) is 27.9. The van der Waals surface area contributed by atoms with Gasteiger partial charge in [-0.25, -0.2) is 8.42 Å². The van der Waals surface area contributed by atoms with Gasteiger partial charge in [0.2, 0.25) is 21.8 Å². The van der Waals surface area contributed by atoms with E-state index < -0.39 is 28.5 Å². The fourth-order valence-corrected chi connectivity index (χ4v) is 5.30. The lowest BCUT2D eigenvalue weighted by molar-refractivity contribution is -0.140. The molecule has 0 unspecified atom stereocenters. The second-order valence-corrected chi connectivity index (χ2v) is 12.4. The van der Waals surface area contributed by atoms with Crippen LogP contribution in [0.3, 0.4) is 0 Å². The molecule has 3 aromatic carbocycles. The van der Waals surface area contributed by atoms with Crippen molar-refractivity contribution in [2.45, 2.75) is 45.8 Å². The van der Waals surface area contributed by atoms with Crippen LogP contribution in [0.25, 0.3) is 0 Å². The summed E-state index contributed by atoms with van der Waals surface area (Å²) < 4.78 is 27.4. The number of amides is 2. The molecular formula is C29H34BrN3O4S. The lowest BCUT2D eigenvalue weighted by atomic mass is 10.0. The van der Waals surface area contributed by atoms with Gasteiger partial charge in [-0.2, -0.15) is 0 Å². The molecular weight excluding hydrogens is 566 g/mol. The molecule has 3 rings (SSSR count). The number of carbonyl (C=O) groups is 2. The first-order chi connectivity index (χ1) is 17.9. The van der Waals surface area contributed by atoms with Gasteiger partial charge < -0.3 is 10.2 Å². The number of nitrogens with zero attached hydrogens (tertiary/aromatic N) is 2. The molecule has 0 aromatic heterocycles. The number of anilines is 1. The average Bonchev–Trinajstić information content (AvgIpc) is 2.85. The van der Waals surface area contributed by atoms with Crippen molar-refractivity contribution in [2.75, 3.05) is 17.1 Å². The largest absolute Gasteiger partial charge is 0.352 e. The molecule has 1 atom stereocenters. The van der Waals surface area contributed by atoms with Crippen LogP contribution in [0.15, 0.2) is 83.3 Å². The third-order valence-corrected chi connectivity index (χ3v) is 7.58. The van der Waals surface area contributed by atoms with Gasteiger partial charge in [0.1, 0.15) is 12.6 Å². The summed E-state index contributed by atoms with van der Waals surface area (Å²) in [5, 5.41) is 2.95. The number of halogens is 1. The minimum Gasteiger partial charge on any atom is -0.352 e. The van der Waals surface area contributed by atoms with Crippen LogP contribution in [0, 0.1) is 6.92 Å². The van der Waals surface area contributed by atoms with Crippen LogP contribution in [-0.2, 0) is 32.6 Å². The first kappa shape index (κ1) is 29.4. The molecule has 0 heterocycles. The average molecular weight is 601 g/mol.